The Morgan fingerprint density at radius 1 is 1.45 bits per heavy atom. The number of hydrogen-bond donors (Lipinski definition) is 2. The average Bonchev–Trinajstić information content (AvgIpc) is 2.45. The minimum Gasteiger partial charge on any atom is -0.486 e. The first kappa shape index (κ1) is 14.9. The van der Waals surface area contributed by atoms with Gasteiger partial charge in [0.2, 0.25) is 0 Å². The van der Waals surface area contributed by atoms with E-state index in [-0.39, 0.29) is 12.5 Å². The van der Waals surface area contributed by atoms with Crippen LogP contribution in [0.4, 0.5) is 0 Å². The van der Waals surface area contributed by atoms with E-state index in [1.807, 2.05) is 6.92 Å². The lowest BCUT2D eigenvalue weighted by atomic mass is 10.1. The van der Waals surface area contributed by atoms with Gasteiger partial charge in [-0.15, -0.1) is 0 Å². The van der Waals surface area contributed by atoms with Gasteiger partial charge in [0.15, 0.2) is 11.5 Å². The van der Waals surface area contributed by atoms with Crippen LogP contribution in [0.15, 0.2) is 12.1 Å². The highest BCUT2D eigenvalue weighted by atomic mass is 35.5. The molecule has 0 bridgehead atoms. The molecule has 1 heterocycles. The van der Waals surface area contributed by atoms with E-state index in [2.05, 4.69) is 5.32 Å². The number of aliphatic hydroxyl groups is 1. The van der Waals surface area contributed by atoms with Crippen LogP contribution < -0.4 is 14.8 Å². The number of carbonyl (C=O) groups is 1. The zero-order valence-corrected chi connectivity index (χ0v) is 12.1. The summed E-state index contributed by atoms with van der Waals surface area (Å²) >= 11 is 6.07. The van der Waals surface area contributed by atoms with E-state index in [4.69, 9.17) is 21.1 Å². The van der Waals surface area contributed by atoms with Crippen molar-refractivity contribution in [2.45, 2.75) is 25.9 Å². The van der Waals surface area contributed by atoms with E-state index in [0.29, 0.717) is 41.7 Å². The van der Waals surface area contributed by atoms with E-state index >= 15 is 0 Å². The van der Waals surface area contributed by atoms with Crippen LogP contribution in [0.1, 0.15) is 30.1 Å². The number of fused-ring (bicyclic) bond motifs is 1. The van der Waals surface area contributed by atoms with Gasteiger partial charge in [-0.1, -0.05) is 24.9 Å². The summed E-state index contributed by atoms with van der Waals surface area (Å²) in [5.74, 6) is 0.655. The Kier molecular flexibility index (Phi) is 5.09. The molecule has 110 valence electrons. The Morgan fingerprint density at radius 2 is 2.20 bits per heavy atom. The van der Waals surface area contributed by atoms with Crippen LogP contribution in [-0.4, -0.2) is 36.9 Å². The van der Waals surface area contributed by atoms with Gasteiger partial charge in [0, 0.05) is 12.1 Å². The van der Waals surface area contributed by atoms with Crippen molar-refractivity contribution in [2.24, 2.45) is 0 Å². The fourth-order valence-corrected chi connectivity index (χ4v) is 2.26. The third kappa shape index (κ3) is 3.55. The van der Waals surface area contributed by atoms with Gasteiger partial charge in [0.1, 0.15) is 13.2 Å². The smallest absolute Gasteiger partial charge is 0.251 e. The van der Waals surface area contributed by atoms with Crippen molar-refractivity contribution >= 4 is 17.5 Å². The quantitative estimate of drug-likeness (QED) is 0.872. The van der Waals surface area contributed by atoms with Gasteiger partial charge in [-0.2, -0.15) is 0 Å². The molecular formula is C14H18ClNO4. The number of carbonyl (C=O) groups excluding carboxylic acids is 1. The first-order chi connectivity index (χ1) is 9.61. The van der Waals surface area contributed by atoms with Gasteiger partial charge in [0.05, 0.1) is 11.1 Å². The maximum absolute atomic E-state index is 12.0. The predicted octanol–water partition coefficient (Wildman–Crippen LogP) is 2.00. The number of nitrogens with one attached hydrogen (secondary N) is 1. The second-order valence-electron chi connectivity index (χ2n) is 4.63. The summed E-state index contributed by atoms with van der Waals surface area (Å²) in [5.41, 5.74) is 0.392. The number of benzene rings is 1. The molecule has 2 N–H and O–H groups in total. The molecule has 0 aromatic heterocycles. The molecule has 0 aliphatic carbocycles. The highest BCUT2D eigenvalue weighted by Gasteiger charge is 2.19. The molecule has 0 saturated carbocycles. The van der Waals surface area contributed by atoms with Gasteiger partial charge in [-0.05, 0) is 18.6 Å². The van der Waals surface area contributed by atoms with Gasteiger partial charge >= 0.3 is 0 Å². The molecule has 1 atom stereocenters. The fourth-order valence-electron chi connectivity index (χ4n) is 1.99. The summed E-state index contributed by atoms with van der Waals surface area (Å²) in [6.45, 7) is 3.08. The number of amides is 1. The SMILES string of the molecule is CCCC(O)CNC(=O)c1cc(Cl)c2c(c1)OCCO2. The topological polar surface area (TPSA) is 67.8 Å². The second kappa shape index (κ2) is 6.81. The lowest BCUT2D eigenvalue weighted by Gasteiger charge is -2.20. The number of rotatable bonds is 5. The monoisotopic (exact) mass is 299 g/mol. The van der Waals surface area contributed by atoms with Crippen molar-refractivity contribution in [2.75, 3.05) is 19.8 Å². The molecule has 1 unspecified atom stereocenters. The average molecular weight is 300 g/mol. The zero-order valence-electron chi connectivity index (χ0n) is 11.3. The van der Waals surface area contributed by atoms with Gasteiger partial charge < -0.3 is 19.9 Å². The lowest BCUT2D eigenvalue weighted by molar-refractivity contribution is 0.0909. The van der Waals surface area contributed by atoms with Gasteiger partial charge in [-0.25, -0.2) is 0 Å². The number of halogens is 1. The summed E-state index contributed by atoms with van der Waals surface area (Å²) in [4.78, 5) is 12.0. The molecule has 0 saturated heterocycles. The van der Waals surface area contributed by atoms with Gasteiger partial charge in [0.25, 0.3) is 5.91 Å². The zero-order chi connectivity index (χ0) is 14.5. The molecular weight excluding hydrogens is 282 g/mol. The Bertz CT molecular complexity index is 492. The highest BCUT2D eigenvalue weighted by molar-refractivity contribution is 6.32. The molecule has 0 fully saturated rings. The molecule has 1 aromatic rings. The van der Waals surface area contributed by atoms with E-state index < -0.39 is 6.10 Å². The van der Waals surface area contributed by atoms with Crippen LogP contribution in [-0.2, 0) is 0 Å². The minimum atomic E-state index is -0.531. The first-order valence-corrected chi connectivity index (χ1v) is 7.05. The maximum Gasteiger partial charge on any atom is 0.251 e. The number of ether oxygens (including phenoxy) is 2. The molecule has 0 radical (unpaired) electrons. The summed E-state index contributed by atoms with van der Waals surface area (Å²) in [6, 6.07) is 3.14. The molecule has 1 amide bonds. The Hall–Kier alpha value is -1.46. The Balaban J connectivity index is 2.05. The number of hydrogen-bond acceptors (Lipinski definition) is 4. The van der Waals surface area contributed by atoms with Crippen molar-refractivity contribution in [3.8, 4) is 11.5 Å². The summed E-state index contributed by atoms with van der Waals surface area (Å²) in [7, 11) is 0. The molecule has 20 heavy (non-hydrogen) atoms. The summed E-state index contributed by atoms with van der Waals surface area (Å²) < 4.78 is 10.8. The number of aliphatic hydroxyl groups excluding tert-OH is 1. The third-order valence-corrected chi connectivity index (χ3v) is 3.26. The van der Waals surface area contributed by atoms with Crippen LogP contribution in [0.3, 0.4) is 0 Å². The normalized spacial score (nSPS) is 14.8. The highest BCUT2D eigenvalue weighted by Crippen LogP contribution is 2.38. The Morgan fingerprint density at radius 3 is 2.95 bits per heavy atom. The van der Waals surface area contributed by atoms with Crippen LogP contribution in [0, 0.1) is 0 Å². The lowest BCUT2D eigenvalue weighted by Crippen LogP contribution is -2.32. The molecule has 5 nitrogen and oxygen atoms in total. The molecule has 6 heteroatoms. The van der Waals surface area contributed by atoms with E-state index in [1.165, 1.54) is 6.07 Å². The van der Waals surface area contributed by atoms with Crippen molar-refractivity contribution in [3.63, 3.8) is 0 Å². The van der Waals surface area contributed by atoms with Gasteiger partial charge in [-0.3, -0.25) is 4.79 Å². The third-order valence-electron chi connectivity index (χ3n) is 2.98. The van der Waals surface area contributed by atoms with Crippen LogP contribution in [0.25, 0.3) is 0 Å². The largest absolute Gasteiger partial charge is 0.486 e. The Labute approximate surface area is 122 Å². The first-order valence-electron chi connectivity index (χ1n) is 6.67. The fraction of sp³-hybridized carbons (Fsp3) is 0.500. The van der Waals surface area contributed by atoms with E-state index in [9.17, 15) is 9.90 Å². The van der Waals surface area contributed by atoms with Crippen molar-refractivity contribution < 1.29 is 19.4 Å². The van der Waals surface area contributed by atoms with Crippen molar-refractivity contribution in [1.29, 1.82) is 0 Å². The standard InChI is InChI=1S/C14H18ClNO4/c1-2-3-10(17)8-16-14(18)9-6-11(15)13-12(7-9)19-4-5-20-13/h6-7,10,17H,2-5,8H2,1H3,(H,16,18). The van der Waals surface area contributed by atoms with Crippen molar-refractivity contribution in [3.05, 3.63) is 22.7 Å². The van der Waals surface area contributed by atoms with Crippen molar-refractivity contribution in [1.82, 2.24) is 5.32 Å². The second-order valence-corrected chi connectivity index (χ2v) is 5.04. The van der Waals surface area contributed by atoms with Crippen LogP contribution in [0.2, 0.25) is 5.02 Å². The molecule has 1 aliphatic rings. The predicted molar refractivity (Wildman–Crippen MR) is 75.7 cm³/mol. The van der Waals surface area contributed by atoms with Crippen LogP contribution >= 0.6 is 11.6 Å². The summed E-state index contributed by atoms with van der Waals surface area (Å²) in [5, 5.41) is 12.6. The van der Waals surface area contributed by atoms with Crippen LogP contribution in [0.5, 0.6) is 11.5 Å². The molecule has 2 rings (SSSR count). The van der Waals surface area contributed by atoms with E-state index in [1.54, 1.807) is 6.07 Å². The molecule has 1 aromatic carbocycles. The summed E-state index contributed by atoms with van der Waals surface area (Å²) in [6.07, 6.45) is 0.992. The minimum absolute atomic E-state index is 0.221. The van der Waals surface area contributed by atoms with E-state index in [0.717, 1.165) is 6.42 Å². The molecule has 0 spiro atoms. The maximum atomic E-state index is 12.0. The molecule has 1 aliphatic heterocycles.